The molecular formula is C3H9Br4NSn. The van der Waals surface area contributed by atoms with Gasteiger partial charge in [0.15, 0.2) is 0 Å². The fourth-order valence-electron chi connectivity index (χ4n) is 0. The molecule has 0 aromatic heterocycles. The van der Waals surface area contributed by atoms with Crippen molar-refractivity contribution in [3.63, 3.8) is 0 Å². The average Bonchev–Trinajstić information content (AvgIpc) is 1.19. The van der Waals surface area contributed by atoms with Crippen LogP contribution in [-0.4, -0.2) is 35.5 Å². The molecule has 0 unspecified atom stereocenters. The van der Waals surface area contributed by atoms with Gasteiger partial charge >= 0.3 is 60.3 Å². The van der Waals surface area contributed by atoms with E-state index in [1.54, 1.807) is 0 Å². The van der Waals surface area contributed by atoms with Crippen molar-refractivity contribution >= 4 is 60.3 Å². The first-order valence-corrected chi connectivity index (χ1v) is 27.7. The first-order chi connectivity index (χ1) is 3.73. The zero-order chi connectivity index (χ0) is 8.08. The van der Waals surface area contributed by atoms with Crippen molar-refractivity contribution in [2.24, 2.45) is 0 Å². The Morgan fingerprint density at radius 2 is 0.889 bits per heavy atom. The summed E-state index contributed by atoms with van der Waals surface area (Å²) in [5, 5.41) is 0. The number of rotatable bonds is 0. The van der Waals surface area contributed by atoms with E-state index in [0.29, 0.717) is 0 Å². The third kappa shape index (κ3) is 112. The fraction of sp³-hybridized carbons (Fsp3) is 1.00. The van der Waals surface area contributed by atoms with Gasteiger partial charge in [-0.2, -0.15) is 0 Å². The molecule has 0 N–H and O–H groups in total. The van der Waals surface area contributed by atoms with Crippen LogP contribution in [0.25, 0.3) is 0 Å². The average molecular weight is 497 g/mol. The monoisotopic (exact) mass is 495 g/mol. The van der Waals surface area contributed by atoms with E-state index < -0.39 is 9.49 Å². The van der Waals surface area contributed by atoms with E-state index in [4.69, 9.17) is 0 Å². The van der Waals surface area contributed by atoms with Crippen LogP contribution in [0.5, 0.6) is 0 Å². The molecule has 0 saturated heterocycles. The second-order valence-corrected chi connectivity index (χ2v) is 79.0. The van der Waals surface area contributed by atoms with E-state index in [1.807, 2.05) is 26.0 Å². The maximum atomic E-state index is 3.34. The molecular weight excluding hydrogens is 488 g/mol. The Morgan fingerprint density at radius 1 is 0.889 bits per heavy atom. The molecule has 6 heteroatoms. The van der Waals surface area contributed by atoms with Crippen LogP contribution in [0.4, 0.5) is 0 Å². The number of hydrogen-bond acceptors (Lipinski definition) is 1. The predicted octanol–water partition coefficient (Wildman–Crippen LogP) is 3.18. The molecule has 0 radical (unpaired) electrons. The normalized spacial score (nSPS) is 10.7. The zero-order valence-electron chi connectivity index (χ0n) is 5.46. The van der Waals surface area contributed by atoms with Crippen LogP contribution in [0.15, 0.2) is 0 Å². The molecule has 9 heavy (non-hydrogen) atoms. The molecule has 0 aliphatic carbocycles. The Labute approximate surface area is 84.8 Å². The standard InChI is InChI=1S/C3H9N.4BrH.Sn/c1-4(2)3;;;;;/h1-3H3;4*1H;/q;;;;;+4/p-4. The topological polar surface area (TPSA) is 3.24 Å². The first kappa shape index (κ1) is 14.2. The van der Waals surface area contributed by atoms with E-state index in [1.165, 1.54) is 0 Å². The van der Waals surface area contributed by atoms with Gasteiger partial charge in [-0.1, -0.05) is 0 Å². The summed E-state index contributed by atoms with van der Waals surface area (Å²) < 4.78 is 0. The Kier molecular flexibility index (Phi) is 11.6. The molecule has 0 aliphatic heterocycles. The van der Waals surface area contributed by atoms with E-state index in [0.717, 1.165) is 0 Å². The van der Waals surface area contributed by atoms with Crippen molar-refractivity contribution in [1.82, 2.24) is 4.90 Å². The molecule has 0 spiro atoms. The van der Waals surface area contributed by atoms with E-state index in [-0.39, 0.29) is 0 Å². The van der Waals surface area contributed by atoms with Crippen LogP contribution in [0.3, 0.4) is 0 Å². The van der Waals surface area contributed by atoms with E-state index in [2.05, 4.69) is 50.8 Å². The minimum absolute atomic E-state index is 1.93. The summed E-state index contributed by atoms with van der Waals surface area (Å²) in [4.78, 5) is 2.00. The van der Waals surface area contributed by atoms with Gasteiger partial charge in [0.1, 0.15) is 0 Å². The summed E-state index contributed by atoms with van der Waals surface area (Å²) in [7, 11) is 4.07. The summed E-state index contributed by atoms with van der Waals surface area (Å²) >= 11 is 13.3. The Balaban J connectivity index is 0. The fourth-order valence-corrected chi connectivity index (χ4v) is 0. The maximum absolute atomic E-state index is 3.34. The van der Waals surface area contributed by atoms with Gasteiger partial charge in [0.05, 0.1) is 0 Å². The summed E-state index contributed by atoms with van der Waals surface area (Å²) in [6.45, 7) is 0. The molecule has 1 nitrogen and oxygen atoms in total. The Hall–Kier alpha value is 2.68. The van der Waals surface area contributed by atoms with Crippen LogP contribution in [0.1, 0.15) is 0 Å². The quantitative estimate of drug-likeness (QED) is 0.465. The van der Waals surface area contributed by atoms with Crippen LogP contribution >= 0.6 is 50.8 Å². The van der Waals surface area contributed by atoms with E-state index >= 15 is 0 Å². The molecule has 0 saturated carbocycles. The van der Waals surface area contributed by atoms with Crippen LogP contribution in [-0.2, 0) is 0 Å². The summed E-state index contributed by atoms with van der Waals surface area (Å²) in [6, 6.07) is 0. The SMILES string of the molecule is CN(C)C.[Br][Sn]([Br])([Br])[Br]. The summed E-state index contributed by atoms with van der Waals surface area (Å²) in [5.41, 5.74) is 0. The molecule has 58 valence electrons. The molecule has 0 aromatic carbocycles. The first-order valence-electron chi connectivity index (χ1n) is 2.10. The van der Waals surface area contributed by atoms with Crippen LogP contribution in [0, 0.1) is 0 Å². The van der Waals surface area contributed by atoms with Crippen molar-refractivity contribution in [2.45, 2.75) is 0 Å². The van der Waals surface area contributed by atoms with Gasteiger partial charge in [0.2, 0.25) is 0 Å². The predicted molar refractivity (Wildman–Crippen MR) is 61.1 cm³/mol. The van der Waals surface area contributed by atoms with Crippen molar-refractivity contribution in [3.05, 3.63) is 0 Å². The number of halogens is 4. The van der Waals surface area contributed by atoms with Crippen molar-refractivity contribution in [3.8, 4) is 0 Å². The van der Waals surface area contributed by atoms with Crippen LogP contribution in [0.2, 0.25) is 0 Å². The molecule has 0 aromatic rings. The Bertz CT molecular complexity index is 52.6. The van der Waals surface area contributed by atoms with Crippen molar-refractivity contribution in [2.75, 3.05) is 21.1 Å². The molecule has 0 bridgehead atoms. The summed E-state index contributed by atoms with van der Waals surface area (Å²) in [6.07, 6.45) is 0. The summed E-state index contributed by atoms with van der Waals surface area (Å²) in [5.74, 6) is 0. The number of hydrogen-bond donors (Lipinski definition) is 0. The van der Waals surface area contributed by atoms with Crippen molar-refractivity contribution < 1.29 is 0 Å². The second kappa shape index (κ2) is 7.33. The van der Waals surface area contributed by atoms with Gasteiger partial charge in [-0.15, -0.1) is 0 Å². The Morgan fingerprint density at radius 3 is 0.889 bits per heavy atom. The van der Waals surface area contributed by atoms with Gasteiger partial charge < -0.3 is 4.90 Å². The van der Waals surface area contributed by atoms with Crippen LogP contribution < -0.4 is 0 Å². The van der Waals surface area contributed by atoms with Crippen molar-refractivity contribution in [1.29, 1.82) is 0 Å². The second-order valence-electron chi connectivity index (χ2n) is 1.77. The van der Waals surface area contributed by atoms with Gasteiger partial charge in [0, 0.05) is 0 Å². The van der Waals surface area contributed by atoms with Gasteiger partial charge in [-0.25, -0.2) is 0 Å². The molecule has 0 fully saturated rings. The molecule has 0 rings (SSSR count). The van der Waals surface area contributed by atoms with E-state index in [9.17, 15) is 0 Å². The van der Waals surface area contributed by atoms with Gasteiger partial charge in [-0.05, 0) is 21.1 Å². The third-order valence-electron chi connectivity index (χ3n) is 0. The number of nitrogens with zero attached hydrogens (tertiary/aromatic N) is 1. The molecule has 0 aliphatic rings. The minimum atomic E-state index is -1.93. The van der Waals surface area contributed by atoms with Gasteiger partial charge in [0.25, 0.3) is 0 Å². The molecule has 0 atom stereocenters. The molecule has 0 heterocycles. The van der Waals surface area contributed by atoms with Gasteiger partial charge in [-0.3, -0.25) is 0 Å². The zero-order valence-corrected chi connectivity index (χ0v) is 14.7. The molecule has 0 amide bonds. The third-order valence-corrected chi connectivity index (χ3v) is 0.